The van der Waals surface area contributed by atoms with Crippen LogP contribution in [-0.4, -0.2) is 26.1 Å². The van der Waals surface area contributed by atoms with Gasteiger partial charge in [0.25, 0.3) is 11.8 Å². The highest BCUT2D eigenvalue weighted by Gasteiger charge is 2.46. The van der Waals surface area contributed by atoms with Crippen LogP contribution in [0.25, 0.3) is 5.52 Å². The van der Waals surface area contributed by atoms with E-state index in [0.29, 0.717) is 22.0 Å². The second-order valence-corrected chi connectivity index (χ2v) is 6.65. The number of imidazole rings is 1. The zero-order valence-corrected chi connectivity index (χ0v) is 13.9. The number of hydrogen-bond acceptors (Lipinski definition) is 3. The van der Waals surface area contributed by atoms with Gasteiger partial charge < -0.3 is 4.40 Å². The van der Waals surface area contributed by atoms with E-state index in [4.69, 9.17) is 11.6 Å². The van der Waals surface area contributed by atoms with E-state index in [1.165, 1.54) is 4.90 Å². The molecule has 0 fully saturated rings. The number of hydrogen-bond donors (Lipinski definition) is 0. The molecule has 2 amide bonds. The van der Waals surface area contributed by atoms with E-state index in [1.807, 2.05) is 24.4 Å². The van der Waals surface area contributed by atoms with E-state index < -0.39 is 5.54 Å². The summed E-state index contributed by atoms with van der Waals surface area (Å²) in [5, 5.41) is 0.564. The van der Waals surface area contributed by atoms with Crippen LogP contribution >= 0.6 is 11.6 Å². The first kappa shape index (κ1) is 14.9. The summed E-state index contributed by atoms with van der Waals surface area (Å²) in [6, 6.07) is 10.4. The fraction of sp³-hybridized carbons (Fsp3) is 0.167. The Balaban J connectivity index is 1.88. The number of benzene rings is 1. The molecular formula is C18H14ClN3O2. The molecule has 0 unspecified atom stereocenters. The summed E-state index contributed by atoms with van der Waals surface area (Å²) < 4.78 is 1.81. The summed E-state index contributed by atoms with van der Waals surface area (Å²) >= 11 is 6.20. The predicted octanol–water partition coefficient (Wildman–Crippen LogP) is 3.52. The normalized spacial score (nSPS) is 14.5. The predicted molar refractivity (Wildman–Crippen MR) is 90.2 cm³/mol. The van der Waals surface area contributed by atoms with Crippen molar-refractivity contribution in [3.05, 3.63) is 70.8 Å². The Hall–Kier alpha value is -2.66. The summed E-state index contributed by atoms with van der Waals surface area (Å²) in [5.74, 6) is -0.0340. The number of amides is 2. The third-order valence-corrected chi connectivity index (χ3v) is 4.74. The number of halogens is 1. The van der Waals surface area contributed by atoms with Crippen LogP contribution in [0.1, 0.15) is 40.4 Å². The Labute approximate surface area is 143 Å². The molecule has 2 aromatic heterocycles. The molecule has 0 aliphatic carbocycles. The van der Waals surface area contributed by atoms with Crippen LogP contribution in [0.15, 0.2) is 48.8 Å². The SMILES string of the molecule is CC(C)(c1ncc2c(Cl)cccn12)N1C(=O)c2ccccc2C1=O. The van der Waals surface area contributed by atoms with Gasteiger partial charge in [-0.1, -0.05) is 23.7 Å². The van der Waals surface area contributed by atoms with Gasteiger partial charge in [0.2, 0.25) is 0 Å². The summed E-state index contributed by atoms with van der Waals surface area (Å²) in [6.07, 6.45) is 3.47. The van der Waals surface area contributed by atoms with Gasteiger partial charge in [-0.3, -0.25) is 14.5 Å². The minimum absolute atomic E-state index is 0.306. The molecule has 24 heavy (non-hydrogen) atoms. The van der Waals surface area contributed by atoms with Gasteiger partial charge in [0.1, 0.15) is 11.4 Å². The first-order chi connectivity index (χ1) is 11.4. The van der Waals surface area contributed by atoms with Gasteiger partial charge in [0.15, 0.2) is 0 Å². The van der Waals surface area contributed by atoms with Crippen LogP contribution in [0, 0.1) is 0 Å². The Morgan fingerprint density at radius 3 is 2.25 bits per heavy atom. The molecular weight excluding hydrogens is 326 g/mol. The molecule has 0 saturated heterocycles. The molecule has 0 atom stereocenters. The first-order valence-corrected chi connectivity index (χ1v) is 7.90. The lowest BCUT2D eigenvalue weighted by atomic mass is 10.0. The second-order valence-electron chi connectivity index (χ2n) is 6.24. The highest BCUT2D eigenvalue weighted by Crippen LogP contribution is 2.35. The van der Waals surface area contributed by atoms with Crippen LogP contribution in [-0.2, 0) is 5.54 Å². The number of carbonyl (C=O) groups excluding carboxylic acids is 2. The standard InChI is InChI=1S/C18H14ClN3O2/c1-18(2,17-20-10-14-13(19)8-5-9-21(14)17)22-15(23)11-6-3-4-7-12(11)16(22)24/h3-10H,1-2H3. The lowest BCUT2D eigenvalue weighted by Gasteiger charge is -2.32. The molecule has 0 spiro atoms. The smallest absolute Gasteiger partial charge is 0.262 e. The number of pyridine rings is 1. The van der Waals surface area contributed by atoms with Crippen molar-refractivity contribution in [2.45, 2.75) is 19.4 Å². The van der Waals surface area contributed by atoms with Crippen molar-refractivity contribution in [2.75, 3.05) is 0 Å². The highest BCUT2D eigenvalue weighted by atomic mass is 35.5. The molecule has 120 valence electrons. The van der Waals surface area contributed by atoms with Gasteiger partial charge in [0.05, 0.1) is 27.9 Å². The maximum atomic E-state index is 12.8. The fourth-order valence-electron chi connectivity index (χ4n) is 3.24. The Bertz CT molecular complexity index is 971. The maximum Gasteiger partial charge on any atom is 0.262 e. The van der Waals surface area contributed by atoms with Crippen LogP contribution in [0.2, 0.25) is 5.02 Å². The van der Waals surface area contributed by atoms with Gasteiger partial charge in [0, 0.05) is 6.20 Å². The topological polar surface area (TPSA) is 54.7 Å². The van der Waals surface area contributed by atoms with Crippen molar-refractivity contribution in [2.24, 2.45) is 0 Å². The first-order valence-electron chi connectivity index (χ1n) is 7.53. The highest BCUT2D eigenvalue weighted by molar-refractivity contribution is 6.33. The van der Waals surface area contributed by atoms with Crippen LogP contribution in [0.4, 0.5) is 0 Å². The molecule has 6 heteroatoms. The monoisotopic (exact) mass is 339 g/mol. The molecule has 5 nitrogen and oxygen atoms in total. The zero-order chi connectivity index (χ0) is 17.1. The summed E-state index contributed by atoms with van der Waals surface area (Å²) in [6.45, 7) is 3.62. The molecule has 0 N–H and O–H groups in total. The molecule has 1 aliphatic heterocycles. The van der Waals surface area contributed by atoms with Crippen LogP contribution < -0.4 is 0 Å². The largest absolute Gasteiger partial charge is 0.300 e. The number of imide groups is 1. The summed E-state index contributed by atoms with van der Waals surface area (Å²) in [5.41, 5.74) is 0.660. The number of carbonyl (C=O) groups is 2. The van der Waals surface area contributed by atoms with E-state index in [9.17, 15) is 9.59 Å². The van der Waals surface area contributed by atoms with Crippen molar-refractivity contribution in [3.63, 3.8) is 0 Å². The van der Waals surface area contributed by atoms with Crippen molar-refractivity contribution in [1.29, 1.82) is 0 Å². The number of fused-ring (bicyclic) bond motifs is 2. The summed E-state index contributed by atoms with van der Waals surface area (Å²) in [4.78, 5) is 31.3. The average Bonchev–Trinajstić information content (AvgIpc) is 3.10. The van der Waals surface area contributed by atoms with Crippen molar-refractivity contribution in [3.8, 4) is 0 Å². The third-order valence-electron chi connectivity index (χ3n) is 4.42. The molecule has 0 bridgehead atoms. The molecule has 3 aromatic rings. The number of nitrogens with zero attached hydrogens (tertiary/aromatic N) is 3. The lowest BCUT2D eigenvalue weighted by Crippen LogP contribution is -2.46. The van der Waals surface area contributed by atoms with Gasteiger partial charge in [-0.05, 0) is 38.1 Å². The van der Waals surface area contributed by atoms with Gasteiger partial charge in [-0.15, -0.1) is 0 Å². The van der Waals surface area contributed by atoms with Crippen molar-refractivity contribution in [1.82, 2.24) is 14.3 Å². The number of rotatable bonds is 2. The molecule has 4 rings (SSSR count). The Morgan fingerprint density at radius 2 is 1.62 bits per heavy atom. The molecule has 1 aromatic carbocycles. The van der Waals surface area contributed by atoms with E-state index in [2.05, 4.69) is 4.98 Å². The van der Waals surface area contributed by atoms with E-state index >= 15 is 0 Å². The Morgan fingerprint density at radius 1 is 1.00 bits per heavy atom. The minimum Gasteiger partial charge on any atom is -0.300 e. The minimum atomic E-state index is -0.926. The summed E-state index contributed by atoms with van der Waals surface area (Å²) in [7, 11) is 0. The van der Waals surface area contributed by atoms with Gasteiger partial charge in [-0.25, -0.2) is 4.98 Å². The van der Waals surface area contributed by atoms with E-state index in [0.717, 1.165) is 5.52 Å². The lowest BCUT2D eigenvalue weighted by molar-refractivity contribution is 0.0460. The van der Waals surface area contributed by atoms with Crippen molar-refractivity contribution >= 4 is 28.9 Å². The van der Waals surface area contributed by atoms with E-state index in [1.54, 1.807) is 42.6 Å². The molecule has 0 saturated carbocycles. The van der Waals surface area contributed by atoms with Gasteiger partial charge in [-0.2, -0.15) is 0 Å². The Kier molecular flexibility index (Phi) is 3.05. The fourth-order valence-corrected chi connectivity index (χ4v) is 3.45. The van der Waals surface area contributed by atoms with Crippen LogP contribution in [0.3, 0.4) is 0 Å². The van der Waals surface area contributed by atoms with Crippen LogP contribution in [0.5, 0.6) is 0 Å². The number of aromatic nitrogens is 2. The second kappa shape index (κ2) is 4.92. The van der Waals surface area contributed by atoms with Crippen molar-refractivity contribution < 1.29 is 9.59 Å². The molecule has 0 radical (unpaired) electrons. The van der Waals surface area contributed by atoms with Gasteiger partial charge >= 0.3 is 0 Å². The molecule has 1 aliphatic rings. The third kappa shape index (κ3) is 1.85. The average molecular weight is 340 g/mol. The maximum absolute atomic E-state index is 12.8. The zero-order valence-electron chi connectivity index (χ0n) is 13.2. The quantitative estimate of drug-likeness (QED) is 0.671. The van der Waals surface area contributed by atoms with E-state index in [-0.39, 0.29) is 11.8 Å². The molecule has 3 heterocycles.